The van der Waals surface area contributed by atoms with Gasteiger partial charge in [-0.1, -0.05) is 117 Å². The Bertz CT molecular complexity index is 483. The van der Waals surface area contributed by atoms with Crippen LogP contribution in [-0.2, 0) is 14.3 Å². The van der Waals surface area contributed by atoms with E-state index in [1.54, 1.807) is 4.90 Å². The topological polar surface area (TPSA) is 55.8 Å². The second-order valence-electron chi connectivity index (χ2n) is 9.79. The van der Waals surface area contributed by atoms with Crippen LogP contribution in [0.2, 0.25) is 0 Å². The summed E-state index contributed by atoms with van der Waals surface area (Å²) < 4.78 is 10.7. The Kier molecular flexibility index (Phi) is 19.2. The molecule has 0 aliphatic carbocycles. The highest BCUT2D eigenvalue weighted by molar-refractivity contribution is 5.82. The Balaban J connectivity index is 1.90. The van der Waals surface area contributed by atoms with E-state index in [0.29, 0.717) is 26.2 Å². The minimum Gasteiger partial charge on any atom is -0.464 e. The number of likely N-dealkylation sites (tertiary alicyclic amines) is 1. The second kappa shape index (κ2) is 21.3. The van der Waals surface area contributed by atoms with Crippen LogP contribution in [-0.4, -0.2) is 42.8 Å². The van der Waals surface area contributed by atoms with Gasteiger partial charge in [0.1, 0.15) is 6.04 Å². The summed E-state index contributed by atoms with van der Waals surface area (Å²) in [5.74, 6) is -0.263. The fraction of sp³-hybridized carbons (Fsp3) is 0.929. The molecule has 1 heterocycles. The molecule has 0 aromatic rings. The number of ether oxygens (including phenoxy) is 2. The summed E-state index contributed by atoms with van der Waals surface area (Å²) in [5.41, 5.74) is 0. The van der Waals surface area contributed by atoms with Gasteiger partial charge in [0.25, 0.3) is 0 Å². The van der Waals surface area contributed by atoms with Gasteiger partial charge in [0.05, 0.1) is 13.2 Å². The van der Waals surface area contributed by atoms with Crippen molar-refractivity contribution >= 4 is 12.1 Å². The average molecular weight is 468 g/mol. The lowest BCUT2D eigenvalue weighted by Crippen LogP contribution is -2.41. The van der Waals surface area contributed by atoms with Gasteiger partial charge < -0.3 is 9.47 Å². The molecule has 0 N–H and O–H groups in total. The zero-order valence-corrected chi connectivity index (χ0v) is 21.9. The van der Waals surface area contributed by atoms with E-state index in [-0.39, 0.29) is 12.1 Å². The number of unbranched alkanes of at least 4 members (excludes halogenated alkanes) is 16. The first-order valence-electron chi connectivity index (χ1n) is 14.3. The van der Waals surface area contributed by atoms with Crippen molar-refractivity contribution in [1.82, 2.24) is 4.90 Å². The molecule has 0 aromatic heterocycles. The molecule has 5 nitrogen and oxygen atoms in total. The van der Waals surface area contributed by atoms with Gasteiger partial charge in [-0.25, -0.2) is 9.59 Å². The zero-order chi connectivity index (χ0) is 24.0. The fourth-order valence-electron chi connectivity index (χ4n) is 4.54. The molecule has 1 aliphatic heterocycles. The van der Waals surface area contributed by atoms with E-state index in [0.717, 1.165) is 32.1 Å². The van der Waals surface area contributed by atoms with Crippen LogP contribution < -0.4 is 0 Å². The lowest BCUT2D eigenvalue weighted by Gasteiger charge is -2.22. The number of hydrogen-bond donors (Lipinski definition) is 0. The minimum atomic E-state index is -0.458. The van der Waals surface area contributed by atoms with E-state index < -0.39 is 6.04 Å². The van der Waals surface area contributed by atoms with Gasteiger partial charge in [0, 0.05) is 6.54 Å². The number of hydrogen-bond acceptors (Lipinski definition) is 4. The molecule has 1 unspecified atom stereocenters. The zero-order valence-electron chi connectivity index (χ0n) is 21.9. The fourth-order valence-corrected chi connectivity index (χ4v) is 4.54. The van der Waals surface area contributed by atoms with Crippen LogP contribution in [0, 0.1) is 0 Å². The third-order valence-electron chi connectivity index (χ3n) is 6.73. The van der Waals surface area contributed by atoms with Crippen molar-refractivity contribution in [3.8, 4) is 0 Å². The molecule has 0 radical (unpaired) electrons. The largest absolute Gasteiger partial charge is 0.464 e. The molecule has 0 aromatic carbocycles. The molecule has 1 fully saturated rings. The summed E-state index contributed by atoms with van der Waals surface area (Å²) in [4.78, 5) is 26.1. The third-order valence-corrected chi connectivity index (χ3v) is 6.73. The predicted molar refractivity (Wildman–Crippen MR) is 136 cm³/mol. The lowest BCUT2D eigenvalue weighted by atomic mass is 10.0. The molecule has 1 rings (SSSR count). The van der Waals surface area contributed by atoms with Crippen molar-refractivity contribution < 1.29 is 19.1 Å². The molecular weight excluding hydrogens is 414 g/mol. The highest BCUT2D eigenvalue weighted by Crippen LogP contribution is 2.20. The van der Waals surface area contributed by atoms with Crippen LogP contribution in [0.1, 0.15) is 142 Å². The first-order valence-corrected chi connectivity index (χ1v) is 14.3. The monoisotopic (exact) mass is 467 g/mol. The number of esters is 1. The number of carbonyl (C=O) groups excluding carboxylic acids is 2. The number of nitrogens with zero attached hydrogens (tertiary/aromatic N) is 1. The molecule has 1 saturated heterocycles. The normalized spacial score (nSPS) is 15.7. The van der Waals surface area contributed by atoms with Crippen molar-refractivity contribution in [2.45, 2.75) is 148 Å². The van der Waals surface area contributed by atoms with Crippen LogP contribution in [0.15, 0.2) is 0 Å². The third kappa shape index (κ3) is 15.3. The molecule has 194 valence electrons. The van der Waals surface area contributed by atoms with Gasteiger partial charge in [-0.05, 0) is 25.7 Å². The number of rotatable bonds is 21. The summed E-state index contributed by atoms with van der Waals surface area (Å²) in [5, 5.41) is 0. The Morgan fingerprint density at radius 1 is 0.636 bits per heavy atom. The van der Waals surface area contributed by atoms with E-state index in [2.05, 4.69) is 13.8 Å². The summed E-state index contributed by atoms with van der Waals surface area (Å²) in [7, 11) is 0. The van der Waals surface area contributed by atoms with Crippen molar-refractivity contribution in [1.29, 1.82) is 0 Å². The maximum absolute atomic E-state index is 12.4. The molecule has 0 saturated carbocycles. The maximum atomic E-state index is 12.4. The molecule has 1 aliphatic rings. The Hall–Kier alpha value is -1.26. The average Bonchev–Trinajstić information content (AvgIpc) is 3.31. The minimum absolute atomic E-state index is 0.263. The summed E-state index contributed by atoms with van der Waals surface area (Å²) in [6.07, 6.45) is 24.3. The molecule has 0 bridgehead atoms. The van der Waals surface area contributed by atoms with E-state index in [1.165, 1.54) is 89.9 Å². The van der Waals surface area contributed by atoms with Crippen molar-refractivity contribution in [3.05, 3.63) is 0 Å². The molecule has 5 heteroatoms. The number of amides is 1. The van der Waals surface area contributed by atoms with Crippen LogP contribution in [0.4, 0.5) is 4.79 Å². The Labute approximate surface area is 204 Å². The SMILES string of the molecule is CCCCCCCCCCCCCCCCCCOC(=O)C1CCCN1C(=O)OCCCC. The first kappa shape index (κ1) is 29.8. The summed E-state index contributed by atoms with van der Waals surface area (Å²) in [6, 6.07) is -0.458. The highest BCUT2D eigenvalue weighted by Gasteiger charge is 2.36. The Morgan fingerprint density at radius 2 is 1.09 bits per heavy atom. The van der Waals surface area contributed by atoms with E-state index in [9.17, 15) is 9.59 Å². The smallest absolute Gasteiger partial charge is 0.410 e. The summed E-state index contributed by atoms with van der Waals surface area (Å²) >= 11 is 0. The van der Waals surface area contributed by atoms with Gasteiger partial charge >= 0.3 is 12.1 Å². The van der Waals surface area contributed by atoms with Crippen molar-refractivity contribution in [3.63, 3.8) is 0 Å². The van der Waals surface area contributed by atoms with E-state index in [1.807, 2.05) is 0 Å². The molecule has 33 heavy (non-hydrogen) atoms. The molecular formula is C28H53NO4. The second-order valence-corrected chi connectivity index (χ2v) is 9.79. The van der Waals surface area contributed by atoms with E-state index in [4.69, 9.17) is 9.47 Å². The van der Waals surface area contributed by atoms with Crippen molar-refractivity contribution in [2.24, 2.45) is 0 Å². The van der Waals surface area contributed by atoms with Crippen molar-refractivity contribution in [2.75, 3.05) is 19.8 Å². The van der Waals surface area contributed by atoms with Crippen LogP contribution in [0.3, 0.4) is 0 Å². The molecule has 1 amide bonds. The van der Waals surface area contributed by atoms with Crippen LogP contribution in [0.5, 0.6) is 0 Å². The first-order chi connectivity index (χ1) is 16.2. The van der Waals surface area contributed by atoms with Crippen LogP contribution >= 0.6 is 0 Å². The predicted octanol–water partition coefficient (Wildman–Crippen LogP) is 8.19. The van der Waals surface area contributed by atoms with Gasteiger partial charge in [-0.15, -0.1) is 0 Å². The maximum Gasteiger partial charge on any atom is 0.410 e. The van der Waals surface area contributed by atoms with E-state index >= 15 is 0 Å². The highest BCUT2D eigenvalue weighted by atomic mass is 16.6. The van der Waals surface area contributed by atoms with Gasteiger partial charge in [-0.3, -0.25) is 4.90 Å². The molecule has 0 spiro atoms. The standard InChI is InChI=1S/C28H53NO4/c1-3-5-7-8-9-10-11-12-13-14-15-16-17-18-19-20-25-32-27(30)26-22-21-23-29(26)28(31)33-24-6-4-2/h26H,3-25H2,1-2H3. The Morgan fingerprint density at radius 3 is 1.61 bits per heavy atom. The number of carbonyl (C=O) groups is 2. The molecule has 1 atom stereocenters. The van der Waals surface area contributed by atoms with Gasteiger partial charge in [0.15, 0.2) is 0 Å². The van der Waals surface area contributed by atoms with Gasteiger partial charge in [-0.2, -0.15) is 0 Å². The lowest BCUT2D eigenvalue weighted by molar-refractivity contribution is -0.148. The van der Waals surface area contributed by atoms with Crippen LogP contribution in [0.25, 0.3) is 0 Å². The summed E-state index contributed by atoms with van der Waals surface area (Å²) in [6.45, 7) is 5.81. The van der Waals surface area contributed by atoms with Gasteiger partial charge in [0.2, 0.25) is 0 Å². The quantitative estimate of drug-likeness (QED) is 0.126.